The van der Waals surface area contributed by atoms with Gasteiger partial charge in [0.15, 0.2) is 5.65 Å². The summed E-state index contributed by atoms with van der Waals surface area (Å²) in [7, 11) is 0. The second-order valence-electron chi connectivity index (χ2n) is 6.80. The first-order valence-electron chi connectivity index (χ1n) is 8.66. The van der Waals surface area contributed by atoms with E-state index in [1.165, 1.54) is 23.1 Å². The van der Waals surface area contributed by atoms with Gasteiger partial charge < -0.3 is 15.4 Å². The molecule has 2 aliphatic heterocycles. The lowest BCUT2D eigenvalue weighted by Crippen LogP contribution is -2.49. The van der Waals surface area contributed by atoms with Gasteiger partial charge in [-0.3, -0.25) is 4.79 Å². The first-order chi connectivity index (χ1) is 13.1. The molecule has 1 fully saturated rings. The Bertz CT molecular complexity index is 1050. The fourth-order valence-electron chi connectivity index (χ4n) is 3.34. The summed E-state index contributed by atoms with van der Waals surface area (Å²) in [5.41, 5.74) is 1.36. The van der Waals surface area contributed by atoms with Gasteiger partial charge in [-0.25, -0.2) is 18.9 Å². The van der Waals surface area contributed by atoms with Gasteiger partial charge in [0.05, 0.1) is 18.4 Å². The van der Waals surface area contributed by atoms with Gasteiger partial charge in [-0.1, -0.05) is 0 Å². The van der Waals surface area contributed by atoms with Crippen molar-refractivity contribution in [2.45, 2.75) is 38.0 Å². The monoisotopic (exact) mass is 369 g/mol. The third kappa shape index (κ3) is 2.73. The van der Waals surface area contributed by atoms with Crippen molar-refractivity contribution in [2.24, 2.45) is 0 Å². The molecule has 3 aliphatic rings. The van der Waals surface area contributed by atoms with Crippen LogP contribution in [0.25, 0.3) is 5.65 Å². The number of amides is 1. The number of pyridine rings is 1. The Labute approximate surface area is 153 Å². The molecule has 1 atom stereocenters. The van der Waals surface area contributed by atoms with Gasteiger partial charge in [0, 0.05) is 24.4 Å². The SMILES string of the molecule is C[C@H]1Nc2ncn3ncc(c3n2)C(=O)NC2CC(C2)Oc2ncc(F)cc21. The Morgan fingerprint density at radius 1 is 1.26 bits per heavy atom. The molecule has 0 unspecified atom stereocenters. The molecular formula is C17H16FN7O2. The molecule has 9 nitrogen and oxygen atoms in total. The van der Waals surface area contributed by atoms with Gasteiger partial charge in [-0.05, 0) is 13.0 Å². The lowest BCUT2D eigenvalue weighted by atomic mass is 9.89. The van der Waals surface area contributed by atoms with Crippen LogP contribution in [0.3, 0.4) is 0 Å². The maximum Gasteiger partial charge on any atom is 0.256 e. The molecule has 27 heavy (non-hydrogen) atoms. The summed E-state index contributed by atoms with van der Waals surface area (Å²) in [6, 6.07) is 1.04. The average molecular weight is 369 g/mol. The van der Waals surface area contributed by atoms with Crippen LogP contribution >= 0.6 is 0 Å². The highest BCUT2D eigenvalue weighted by Crippen LogP contribution is 2.31. The van der Waals surface area contributed by atoms with Crippen LogP contribution in [-0.2, 0) is 0 Å². The molecule has 1 aliphatic carbocycles. The highest BCUT2D eigenvalue weighted by atomic mass is 19.1. The highest BCUT2D eigenvalue weighted by molar-refractivity contribution is 5.99. The van der Waals surface area contributed by atoms with Crippen molar-refractivity contribution in [3.05, 3.63) is 41.7 Å². The van der Waals surface area contributed by atoms with E-state index in [0.29, 0.717) is 41.4 Å². The van der Waals surface area contributed by atoms with Crippen LogP contribution in [0.4, 0.5) is 10.3 Å². The molecule has 0 aromatic carbocycles. The van der Waals surface area contributed by atoms with Crippen molar-refractivity contribution in [3.8, 4) is 5.88 Å². The summed E-state index contributed by atoms with van der Waals surface area (Å²) in [6.45, 7) is 1.84. The van der Waals surface area contributed by atoms with Crippen molar-refractivity contribution >= 4 is 17.5 Å². The van der Waals surface area contributed by atoms with Crippen LogP contribution in [0.5, 0.6) is 5.88 Å². The van der Waals surface area contributed by atoms with Gasteiger partial charge in [0.1, 0.15) is 23.8 Å². The molecule has 5 heterocycles. The smallest absolute Gasteiger partial charge is 0.256 e. The highest BCUT2D eigenvalue weighted by Gasteiger charge is 2.34. The Hall–Kier alpha value is -3.30. The standard InChI is InChI=1S/C17H16FN7O2/c1-8-12-2-9(18)5-19-16(12)27-11-3-10(4-11)23-15(26)13-6-21-25-7-20-17(22-8)24-14(13)25/h2,5-8,10-11H,3-4H2,1H3,(H,22,24)(H,23,26)/t8-,10?,11?/m1/s1. The Morgan fingerprint density at radius 3 is 2.96 bits per heavy atom. The van der Waals surface area contributed by atoms with Crippen LogP contribution in [0.15, 0.2) is 24.8 Å². The molecule has 1 amide bonds. The number of rotatable bonds is 0. The van der Waals surface area contributed by atoms with Crippen molar-refractivity contribution in [1.29, 1.82) is 0 Å². The zero-order valence-corrected chi connectivity index (χ0v) is 14.4. The molecule has 6 rings (SSSR count). The number of carbonyl (C=O) groups is 1. The molecule has 3 aromatic heterocycles. The largest absolute Gasteiger partial charge is 0.474 e. The molecular weight excluding hydrogens is 353 g/mol. The summed E-state index contributed by atoms with van der Waals surface area (Å²) in [5.74, 6) is -0.0135. The molecule has 4 bridgehead atoms. The Balaban J connectivity index is 1.60. The van der Waals surface area contributed by atoms with Crippen LogP contribution in [0.1, 0.15) is 41.7 Å². The van der Waals surface area contributed by atoms with Gasteiger partial charge in [-0.15, -0.1) is 0 Å². The van der Waals surface area contributed by atoms with Gasteiger partial charge in [0.25, 0.3) is 5.91 Å². The molecule has 0 spiro atoms. The molecule has 10 heteroatoms. The summed E-state index contributed by atoms with van der Waals surface area (Å²) in [4.78, 5) is 25.3. The van der Waals surface area contributed by atoms with Crippen molar-refractivity contribution in [3.63, 3.8) is 0 Å². The number of anilines is 1. The summed E-state index contributed by atoms with van der Waals surface area (Å²) >= 11 is 0. The fraction of sp³-hybridized carbons (Fsp3) is 0.353. The molecule has 138 valence electrons. The van der Waals surface area contributed by atoms with Crippen LogP contribution in [-0.4, -0.2) is 42.6 Å². The fourth-order valence-corrected chi connectivity index (χ4v) is 3.34. The topological polar surface area (TPSA) is 106 Å². The van der Waals surface area contributed by atoms with Crippen molar-refractivity contribution < 1.29 is 13.9 Å². The van der Waals surface area contributed by atoms with E-state index in [1.54, 1.807) is 0 Å². The Morgan fingerprint density at radius 2 is 2.11 bits per heavy atom. The lowest BCUT2D eigenvalue weighted by Gasteiger charge is -2.36. The maximum absolute atomic E-state index is 13.8. The quantitative estimate of drug-likeness (QED) is 0.618. The summed E-state index contributed by atoms with van der Waals surface area (Å²) in [6.07, 6.45) is 5.31. The number of nitrogens with zero attached hydrogens (tertiary/aromatic N) is 5. The molecule has 0 radical (unpaired) electrons. The number of carbonyl (C=O) groups excluding carboxylic acids is 1. The first kappa shape index (κ1) is 15.9. The third-order valence-corrected chi connectivity index (χ3v) is 4.88. The lowest BCUT2D eigenvalue weighted by molar-refractivity contribution is 0.0671. The van der Waals surface area contributed by atoms with Crippen molar-refractivity contribution in [2.75, 3.05) is 5.32 Å². The van der Waals surface area contributed by atoms with Gasteiger partial charge in [-0.2, -0.15) is 10.1 Å². The predicted octanol–water partition coefficient (Wildman–Crippen LogP) is 1.48. The molecule has 0 saturated heterocycles. The minimum absolute atomic E-state index is 0.00106. The van der Waals surface area contributed by atoms with E-state index < -0.39 is 5.82 Å². The minimum Gasteiger partial charge on any atom is -0.474 e. The van der Waals surface area contributed by atoms with Gasteiger partial charge in [0.2, 0.25) is 11.8 Å². The van der Waals surface area contributed by atoms with Crippen molar-refractivity contribution in [1.82, 2.24) is 29.9 Å². The Kier molecular flexibility index (Phi) is 3.46. The number of ether oxygens (including phenoxy) is 1. The zero-order chi connectivity index (χ0) is 18.5. The van der Waals surface area contributed by atoms with Gasteiger partial charge >= 0.3 is 0 Å². The predicted molar refractivity (Wildman–Crippen MR) is 91.9 cm³/mol. The molecule has 2 N–H and O–H groups in total. The average Bonchev–Trinajstić information content (AvgIpc) is 3.03. The minimum atomic E-state index is -0.444. The first-order valence-corrected chi connectivity index (χ1v) is 8.66. The van der Waals surface area contributed by atoms with E-state index >= 15 is 0 Å². The molecule has 1 saturated carbocycles. The second kappa shape index (κ2) is 5.86. The number of aromatic nitrogens is 5. The number of hydrogen-bond donors (Lipinski definition) is 2. The van der Waals surface area contributed by atoms with Crippen LogP contribution < -0.4 is 15.4 Å². The van der Waals surface area contributed by atoms with E-state index in [-0.39, 0.29) is 24.1 Å². The van der Waals surface area contributed by atoms with Crippen LogP contribution in [0.2, 0.25) is 0 Å². The van der Waals surface area contributed by atoms with E-state index in [1.807, 2.05) is 6.92 Å². The number of nitrogens with one attached hydrogen (secondary N) is 2. The van der Waals surface area contributed by atoms with E-state index in [2.05, 4.69) is 30.7 Å². The maximum atomic E-state index is 13.8. The summed E-state index contributed by atoms with van der Waals surface area (Å²) in [5, 5.41) is 10.2. The third-order valence-electron chi connectivity index (χ3n) is 4.88. The number of hydrogen-bond acceptors (Lipinski definition) is 7. The zero-order valence-electron chi connectivity index (χ0n) is 14.4. The number of halogens is 1. The molecule has 3 aromatic rings. The van der Waals surface area contributed by atoms with E-state index in [4.69, 9.17) is 4.74 Å². The second-order valence-corrected chi connectivity index (χ2v) is 6.80. The van der Waals surface area contributed by atoms with E-state index in [0.717, 1.165) is 6.20 Å². The number of fused-ring (bicyclic) bond motifs is 2. The normalized spacial score (nSPS) is 24.2. The van der Waals surface area contributed by atoms with E-state index in [9.17, 15) is 9.18 Å². The van der Waals surface area contributed by atoms with Crippen LogP contribution in [0, 0.1) is 5.82 Å². The summed E-state index contributed by atoms with van der Waals surface area (Å²) < 4.78 is 21.2.